The Morgan fingerprint density at radius 3 is 2.56 bits per heavy atom. The Bertz CT molecular complexity index is 723. The zero-order valence-corrected chi connectivity index (χ0v) is 14.5. The van der Waals surface area contributed by atoms with E-state index in [1.165, 1.54) is 0 Å². The second kappa shape index (κ2) is 8.38. The Morgan fingerprint density at radius 2 is 1.88 bits per heavy atom. The van der Waals surface area contributed by atoms with E-state index in [4.69, 9.17) is 4.74 Å². The maximum Gasteiger partial charge on any atom is 0.269 e. The van der Waals surface area contributed by atoms with Crippen molar-refractivity contribution in [1.82, 2.24) is 10.9 Å². The van der Waals surface area contributed by atoms with Gasteiger partial charge in [-0.1, -0.05) is 43.3 Å². The van der Waals surface area contributed by atoms with Crippen molar-refractivity contribution in [1.29, 1.82) is 0 Å². The van der Waals surface area contributed by atoms with Crippen LogP contribution in [-0.4, -0.2) is 5.91 Å². The second-order valence-electron chi connectivity index (χ2n) is 6.49. The standard InChI is InChI=1S/C21H24N2O2/c1-16-7-13-19(14-8-16)22-23-21(24)18-11-9-17(10-12-18)15-25-20-5-3-2-4-6-20/h2-6,9-13,16,22H,7-8,14-15H2,1H3,(H,23,24)/t16-/m1/s1. The Hall–Kier alpha value is -2.75. The number of benzene rings is 2. The van der Waals surface area contributed by atoms with Crippen LogP contribution in [-0.2, 0) is 6.61 Å². The minimum atomic E-state index is -0.130. The lowest BCUT2D eigenvalue weighted by Gasteiger charge is -2.19. The summed E-state index contributed by atoms with van der Waals surface area (Å²) < 4.78 is 5.71. The molecule has 0 fully saturated rings. The molecule has 0 saturated carbocycles. The van der Waals surface area contributed by atoms with Gasteiger partial charge in [0.2, 0.25) is 0 Å². The van der Waals surface area contributed by atoms with Crippen molar-refractivity contribution >= 4 is 5.91 Å². The average molecular weight is 336 g/mol. The number of carbonyl (C=O) groups excluding carboxylic acids is 1. The number of hydrogen-bond acceptors (Lipinski definition) is 3. The highest BCUT2D eigenvalue weighted by molar-refractivity contribution is 5.93. The van der Waals surface area contributed by atoms with Gasteiger partial charge in [-0.3, -0.25) is 10.2 Å². The molecule has 130 valence electrons. The minimum Gasteiger partial charge on any atom is -0.489 e. The van der Waals surface area contributed by atoms with Gasteiger partial charge in [0.1, 0.15) is 12.4 Å². The second-order valence-corrected chi connectivity index (χ2v) is 6.49. The Kier molecular flexibility index (Phi) is 5.73. The highest BCUT2D eigenvalue weighted by Gasteiger charge is 2.11. The molecular formula is C21H24N2O2. The molecule has 2 aromatic carbocycles. The SMILES string of the molecule is C[C@@H]1CC=C(NNC(=O)c2ccc(COc3ccccc3)cc2)CC1. The third-order valence-corrected chi connectivity index (χ3v) is 4.37. The quantitative estimate of drug-likeness (QED) is 0.777. The molecule has 2 aromatic rings. The molecule has 0 aliphatic heterocycles. The number of nitrogens with one attached hydrogen (secondary N) is 2. The molecule has 0 heterocycles. The smallest absolute Gasteiger partial charge is 0.269 e. The van der Waals surface area contributed by atoms with Crippen LogP contribution >= 0.6 is 0 Å². The van der Waals surface area contributed by atoms with Crippen LogP contribution in [0.3, 0.4) is 0 Å². The first-order chi connectivity index (χ1) is 12.2. The number of amides is 1. The Morgan fingerprint density at radius 1 is 1.12 bits per heavy atom. The zero-order chi connectivity index (χ0) is 17.5. The Labute approximate surface area is 148 Å². The number of carbonyl (C=O) groups is 1. The van der Waals surface area contributed by atoms with Gasteiger partial charge in [0, 0.05) is 11.3 Å². The maximum absolute atomic E-state index is 12.2. The highest BCUT2D eigenvalue weighted by Crippen LogP contribution is 2.20. The Balaban J connectivity index is 1.48. The van der Waals surface area contributed by atoms with Crippen LogP contribution in [0.1, 0.15) is 42.1 Å². The summed E-state index contributed by atoms with van der Waals surface area (Å²) in [6.07, 6.45) is 5.37. The van der Waals surface area contributed by atoms with Gasteiger partial charge in [-0.15, -0.1) is 0 Å². The molecule has 0 spiro atoms. The molecule has 1 atom stereocenters. The molecule has 0 saturated heterocycles. The maximum atomic E-state index is 12.2. The van der Waals surface area contributed by atoms with E-state index in [1.807, 2.05) is 54.6 Å². The van der Waals surface area contributed by atoms with E-state index in [0.29, 0.717) is 12.2 Å². The molecule has 1 aliphatic rings. The first-order valence-corrected chi connectivity index (χ1v) is 8.73. The molecule has 0 aromatic heterocycles. The fourth-order valence-corrected chi connectivity index (χ4v) is 2.72. The lowest BCUT2D eigenvalue weighted by molar-refractivity contribution is 0.0937. The molecule has 3 rings (SSSR count). The van der Waals surface area contributed by atoms with Crippen molar-refractivity contribution in [3.8, 4) is 5.75 Å². The van der Waals surface area contributed by atoms with Crippen LogP contribution in [0.5, 0.6) is 5.75 Å². The molecule has 4 nitrogen and oxygen atoms in total. The van der Waals surface area contributed by atoms with Gasteiger partial charge in [0.25, 0.3) is 5.91 Å². The molecule has 0 radical (unpaired) electrons. The van der Waals surface area contributed by atoms with Gasteiger partial charge in [-0.05, 0) is 55.0 Å². The molecule has 0 bridgehead atoms. The molecule has 1 amide bonds. The van der Waals surface area contributed by atoms with Crippen LogP contribution in [0.15, 0.2) is 66.4 Å². The largest absolute Gasteiger partial charge is 0.489 e. The van der Waals surface area contributed by atoms with Gasteiger partial charge in [-0.25, -0.2) is 0 Å². The fourth-order valence-electron chi connectivity index (χ4n) is 2.72. The minimum absolute atomic E-state index is 0.130. The number of para-hydroxylation sites is 1. The lowest BCUT2D eigenvalue weighted by atomic mass is 9.95. The first kappa shape index (κ1) is 17.1. The summed E-state index contributed by atoms with van der Waals surface area (Å²) in [5, 5.41) is 0. The summed E-state index contributed by atoms with van der Waals surface area (Å²) in [5.41, 5.74) is 8.56. The normalized spacial score (nSPS) is 16.7. The molecule has 25 heavy (non-hydrogen) atoms. The van der Waals surface area contributed by atoms with E-state index in [0.717, 1.165) is 42.2 Å². The van der Waals surface area contributed by atoms with Gasteiger partial charge < -0.3 is 10.2 Å². The predicted octanol–water partition coefficient (Wildman–Crippen LogP) is 4.20. The van der Waals surface area contributed by atoms with Crippen LogP contribution in [0.25, 0.3) is 0 Å². The lowest BCUT2D eigenvalue weighted by Crippen LogP contribution is -2.37. The molecule has 1 aliphatic carbocycles. The van der Waals surface area contributed by atoms with E-state index >= 15 is 0 Å². The van der Waals surface area contributed by atoms with E-state index in [9.17, 15) is 4.79 Å². The molecule has 2 N–H and O–H groups in total. The first-order valence-electron chi connectivity index (χ1n) is 8.73. The predicted molar refractivity (Wildman–Crippen MR) is 98.9 cm³/mol. The van der Waals surface area contributed by atoms with Gasteiger partial charge in [0.05, 0.1) is 0 Å². The molecular weight excluding hydrogens is 312 g/mol. The van der Waals surface area contributed by atoms with Crippen molar-refractivity contribution in [3.63, 3.8) is 0 Å². The third kappa shape index (κ3) is 5.11. The van der Waals surface area contributed by atoms with Gasteiger partial charge in [-0.2, -0.15) is 0 Å². The van der Waals surface area contributed by atoms with Crippen molar-refractivity contribution in [3.05, 3.63) is 77.5 Å². The number of hydrogen-bond donors (Lipinski definition) is 2. The zero-order valence-electron chi connectivity index (χ0n) is 14.5. The number of rotatable bonds is 6. The highest BCUT2D eigenvalue weighted by atomic mass is 16.5. The van der Waals surface area contributed by atoms with Crippen LogP contribution < -0.4 is 15.6 Å². The van der Waals surface area contributed by atoms with Crippen molar-refractivity contribution in [2.75, 3.05) is 0 Å². The topological polar surface area (TPSA) is 50.4 Å². The summed E-state index contributed by atoms with van der Waals surface area (Å²) in [5.74, 6) is 1.44. The molecule has 4 heteroatoms. The van der Waals surface area contributed by atoms with E-state index in [-0.39, 0.29) is 5.91 Å². The molecule has 0 unspecified atom stereocenters. The summed E-state index contributed by atoms with van der Waals surface area (Å²) in [6.45, 7) is 2.73. The summed E-state index contributed by atoms with van der Waals surface area (Å²) in [4.78, 5) is 12.2. The summed E-state index contributed by atoms with van der Waals surface area (Å²) >= 11 is 0. The fraction of sp³-hybridized carbons (Fsp3) is 0.286. The van der Waals surface area contributed by atoms with Crippen molar-refractivity contribution < 1.29 is 9.53 Å². The summed E-state index contributed by atoms with van der Waals surface area (Å²) in [7, 11) is 0. The van der Waals surface area contributed by atoms with Crippen LogP contribution in [0.4, 0.5) is 0 Å². The monoisotopic (exact) mass is 336 g/mol. The average Bonchev–Trinajstić information content (AvgIpc) is 2.67. The van der Waals surface area contributed by atoms with E-state index in [2.05, 4.69) is 23.9 Å². The van der Waals surface area contributed by atoms with Gasteiger partial charge >= 0.3 is 0 Å². The summed E-state index contributed by atoms with van der Waals surface area (Å²) in [6, 6.07) is 17.2. The van der Waals surface area contributed by atoms with Crippen molar-refractivity contribution in [2.45, 2.75) is 32.8 Å². The number of ether oxygens (including phenoxy) is 1. The van der Waals surface area contributed by atoms with Crippen LogP contribution in [0, 0.1) is 5.92 Å². The van der Waals surface area contributed by atoms with Crippen molar-refractivity contribution in [2.24, 2.45) is 5.92 Å². The van der Waals surface area contributed by atoms with E-state index in [1.54, 1.807) is 0 Å². The van der Waals surface area contributed by atoms with E-state index < -0.39 is 0 Å². The van der Waals surface area contributed by atoms with Crippen LogP contribution in [0.2, 0.25) is 0 Å². The number of allylic oxidation sites excluding steroid dienone is 2. The number of hydrazine groups is 1. The van der Waals surface area contributed by atoms with Gasteiger partial charge in [0.15, 0.2) is 0 Å². The third-order valence-electron chi connectivity index (χ3n) is 4.37.